The summed E-state index contributed by atoms with van der Waals surface area (Å²) in [7, 11) is 0. The van der Waals surface area contributed by atoms with E-state index in [9.17, 15) is 18.0 Å². The molecule has 1 aliphatic heterocycles. The minimum atomic E-state index is -4.36. The predicted molar refractivity (Wildman–Crippen MR) is 101 cm³/mol. The highest BCUT2D eigenvalue weighted by molar-refractivity contribution is 5.79. The summed E-state index contributed by atoms with van der Waals surface area (Å²) in [5.74, 6) is 0.0695. The van der Waals surface area contributed by atoms with E-state index in [1.165, 1.54) is 12.1 Å². The molecule has 1 aromatic carbocycles. The van der Waals surface area contributed by atoms with Crippen LogP contribution in [-0.4, -0.2) is 17.4 Å². The van der Waals surface area contributed by atoms with Gasteiger partial charge >= 0.3 is 6.18 Å². The Balaban J connectivity index is 1.74. The van der Waals surface area contributed by atoms with Gasteiger partial charge in [-0.2, -0.15) is 13.2 Å². The van der Waals surface area contributed by atoms with E-state index < -0.39 is 11.7 Å². The van der Waals surface area contributed by atoms with Gasteiger partial charge in [-0.25, -0.2) is 0 Å². The van der Waals surface area contributed by atoms with E-state index in [1.807, 2.05) is 19.1 Å². The zero-order chi connectivity index (χ0) is 20.3. The van der Waals surface area contributed by atoms with Gasteiger partial charge in [0.15, 0.2) is 0 Å². The Kier molecular flexibility index (Phi) is 6.03. The number of carbonyl (C=O) groups is 1. The van der Waals surface area contributed by atoms with Gasteiger partial charge in [0.05, 0.1) is 11.3 Å². The van der Waals surface area contributed by atoms with Gasteiger partial charge in [0.2, 0.25) is 5.91 Å². The van der Waals surface area contributed by atoms with Crippen molar-refractivity contribution < 1.29 is 18.0 Å². The summed E-state index contributed by atoms with van der Waals surface area (Å²) < 4.78 is 38.3. The second-order valence-electron chi connectivity index (χ2n) is 7.31. The Bertz CT molecular complexity index is 834. The molecule has 3 N–H and O–H groups in total. The molecule has 150 valence electrons. The Morgan fingerprint density at radius 3 is 2.57 bits per heavy atom. The lowest BCUT2D eigenvalue weighted by atomic mass is 9.91. The molecular formula is C21H24F3N3O. The van der Waals surface area contributed by atoms with Gasteiger partial charge in [-0.15, -0.1) is 0 Å². The van der Waals surface area contributed by atoms with Gasteiger partial charge in [-0.1, -0.05) is 12.1 Å². The number of rotatable bonds is 5. The summed E-state index contributed by atoms with van der Waals surface area (Å²) in [6.45, 7) is 2.57. The van der Waals surface area contributed by atoms with Gasteiger partial charge in [-0.05, 0) is 68.0 Å². The number of benzene rings is 1. The zero-order valence-corrected chi connectivity index (χ0v) is 15.7. The molecule has 2 aromatic rings. The number of amides is 1. The Morgan fingerprint density at radius 1 is 1.21 bits per heavy atom. The summed E-state index contributed by atoms with van der Waals surface area (Å²) >= 11 is 0. The number of aromatic nitrogens is 1. The van der Waals surface area contributed by atoms with Crippen molar-refractivity contribution in [3.05, 3.63) is 53.3 Å². The molecule has 2 heterocycles. The number of piperidine rings is 1. The number of pyridine rings is 1. The van der Waals surface area contributed by atoms with Crippen LogP contribution in [0.1, 0.15) is 48.7 Å². The van der Waals surface area contributed by atoms with Crippen molar-refractivity contribution in [3.8, 4) is 11.1 Å². The molecular weight excluding hydrogens is 367 g/mol. The Morgan fingerprint density at radius 2 is 1.93 bits per heavy atom. The van der Waals surface area contributed by atoms with E-state index in [0.717, 1.165) is 42.8 Å². The molecule has 2 unspecified atom stereocenters. The van der Waals surface area contributed by atoms with Crippen LogP contribution in [0.15, 0.2) is 36.4 Å². The molecule has 1 aliphatic rings. The molecule has 1 aromatic heterocycles. The van der Waals surface area contributed by atoms with Crippen LogP contribution in [0, 0.1) is 12.8 Å². The van der Waals surface area contributed by atoms with Gasteiger partial charge in [0.1, 0.15) is 0 Å². The molecule has 7 heteroatoms. The van der Waals surface area contributed by atoms with Crippen molar-refractivity contribution in [2.75, 3.05) is 6.54 Å². The normalized spacial score (nSPS) is 18.6. The quantitative estimate of drug-likeness (QED) is 0.795. The molecule has 28 heavy (non-hydrogen) atoms. The van der Waals surface area contributed by atoms with Crippen LogP contribution >= 0.6 is 0 Å². The third-order valence-electron chi connectivity index (χ3n) is 5.12. The van der Waals surface area contributed by atoms with Crippen molar-refractivity contribution in [1.29, 1.82) is 0 Å². The molecule has 1 saturated heterocycles. The number of aryl methyl sites for hydroxylation is 1. The minimum Gasteiger partial charge on any atom is -0.356 e. The van der Waals surface area contributed by atoms with Crippen LogP contribution in [0.5, 0.6) is 0 Å². The maximum absolute atomic E-state index is 12.8. The monoisotopic (exact) mass is 391 g/mol. The predicted octanol–water partition coefficient (Wildman–Crippen LogP) is 4.38. The fraction of sp³-hybridized carbons (Fsp3) is 0.429. The Hall–Kier alpha value is -2.41. The lowest BCUT2D eigenvalue weighted by Crippen LogP contribution is -2.36. The highest BCUT2D eigenvalue weighted by Gasteiger charge is 2.30. The van der Waals surface area contributed by atoms with E-state index in [2.05, 4.69) is 10.3 Å². The molecule has 0 saturated carbocycles. The molecule has 1 amide bonds. The fourth-order valence-electron chi connectivity index (χ4n) is 3.54. The van der Waals surface area contributed by atoms with Crippen LogP contribution in [0.4, 0.5) is 13.2 Å². The highest BCUT2D eigenvalue weighted by atomic mass is 19.4. The van der Waals surface area contributed by atoms with E-state index in [0.29, 0.717) is 24.1 Å². The van der Waals surface area contributed by atoms with Crippen molar-refractivity contribution in [1.82, 2.24) is 10.3 Å². The molecule has 0 bridgehead atoms. The van der Waals surface area contributed by atoms with Gasteiger partial charge in [0, 0.05) is 24.2 Å². The maximum Gasteiger partial charge on any atom is 0.416 e. The third-order valence-corrected chi connectivity index (χ3v) is 5.12. The van der Waals surface area contributed by atoms with Crippen LogP contribution in [-0.2, 0) is 11.0 Å². The van der Waals surface area contributed by atoms with Gasteiger partial charge < -0.3 is 11.1 Å². The number of alkyl halides is 3. The summed E-state index contributed by atoms with van der Waals surface area (Å²) in [5.41, 5.74) is 8.53. The van der Waals surface area contributed by atoms with Crippen molar-refractivity contribution in [3.63, 3.8) is 0 Å². The molecule has 0 spiro atoms. The summed E-state index contributed by atoms with van der Waals surface area (Å²) in [6.07, 6.45) is -1.19. The third kappa shape index (κ3) is 4.90. The van der Waals surface area contributed by atoms with Crippen molar-refractivity contribution >= 4 is 5.91 Å². The summed E-state index contributed by atoms with van der Waals surface area (Å²) in [5, 5.41) is 2.87. The van der Waals surface area contributed by atoms with Crippen LogP contribution in [0.2, 0.25) is 0 Å². The first-order valence-corrected chi connectivity index (χ1v) is 9.43. The lowest BCUT2D eigenvalue weighted by Gasteiger charge is -2.23. The van der Waals surface area contributed by atoms with Gasteiger partial charge in [-0.3, -0.25) is 9.78 Å². The van der Waals surface area contributed by atoms with Crippen LogP contribution in [0.25, 0.3) is 11.1 Å². The first kappa shape index (κ1) is 20.3. The number of hydrogen-bond donors (Lipinski definition) is 2. The molecule has 0 radical (unpaired) electrons. The number of hydrogen-bond acceptors (Lipinski definition) is 3. The SMILES string of the molecule is Cc1cc(-c2ccc(C(F)(F)F)cc2)cc(C(N)CCC2CCCNC2=O)n1. The number of nitrogens with two attached hydrogens (primary N) is 1. The fourth-order valence-corrected chi connectivity index (χ4v) is 3.54. The second-order valence-corrected chi connectivity index (χ2v) is 7.31. The minimum absolute atomic E-state index is 0.0148. The topological polar surface area (TPSA) is 68.0 Å². The maximum atomic E-state index is 12.8. The number of nitrogens with zero attached hydrogens (tertiary/aromatic N) is 1. The number of halogens is 3. The van der Waals surface area contributed by atoms with E-state index >= 15 is 0 Å². The first-order valence-electron chi connectivity index (χ1n) is 9.43. The standard InChI is InChI=1S/C21H24F3N3O/c1-13-11-16(14-4-7-17(8-5-14)21(22,23)24)12-19(27-13)18(25)9-6-15-3-2-10-26-20(15)28/h4-5,7-8,11-12,15,18H,2-3,6,9-10,25H2,1H3,(H,26,28). The molecule has 2 atom stereocenters. The molecule has 4 nitrogen and oxygen atoms in total. The van der Waals surface area contributed by atoms with E-state index in [4.69, 9.17) is 5.73 Å². The lowest BCUT2D eigenvalue weighted by molar-refractivity contribution is -0.137. The number of nitrogens with one attached hydrogen (secondary N) is 1. The average Bonchev–Trinajstić information content (AvgIpc) is 2.66. The van der Waals surface area contributed by atoms with E-state index in [1.54, 1.807) is 0 Å². The van der Waals surface area contributed by atoms with Crippen LogP contribution in [0.3, 0.4) is 0 Å². The van der Waals surface area contributed by atoms with Crippen LogP contribution < -0.4 is 11.1 Å². The largest absolute Gasteiger partial charge is 0.416 e. The second kappa shape index (κ2) is 8.31. The van der Waals surface area contributed by atoms with Crippen molar-refractivity contribution in [2.45, 2.75) is 44.8 Å². The van der Waals surface area contributed by atoms with E-state index in [-0.39, 0.29) is 17.9 Å². The molecule has 3 rings (SSSR count). The molecule has 0 aliphatic carbocycles. The summed E-state index contributed by atoms with van der Waals surface area (Å²) in [4.78, 5) is 16.4. The summed E-state index contributed by atoms with van der Waals surface area (Å²) in [6, 6.07) is 8.38. The van der Waals surface area contributed by atoms with Crippen molar-refractivity contribution in [2.24, 2.45) is 11.7 Å². The highest BCUT2D eigenvalue weighted by Crippen LogP contribution is 2.32. The first-order chi connectivity index (χ1) is 13.2. The average molecular weight is 391 g/mol. The Labute approximate surface area is 162 Å². The zero-order valence-electron chi connectivity index (χ0n) is 15.7. The number of carbonyl (C=O) groups excluding carboxylic acids is 1. The van der Waals surface area contributed by atoms with Gasteiger partial charge in [0.25, 0.3) is 0 Å². The molecule has 1 fully saturated rings. The smallest absolute Gasteiger partial charge is 0.356 e.